The number of hydroxylamine groups is 1. The molecule has 250 valence electrons. The zero-order valence-corrected chi connectivity index (χ0v) is 28.4. The minimum atomic E-state index is -0.518. The van der Waals surface area contributed by atoms with Gasteiger partial charge in [0.25, 0.3) is 5.91 Å². The molecule has 1 heterocycles. The van der Waals surface area contributed by atoms with Gasteiger partial charge < -0.3 is 20.1 Å². The first kappa shape index (κ1) is 34.7. The number of rotatable bonds is 17. The summed E-state index contributed by atoms with van der Waals surface area (Å²) in [6.45, 7) is 8.47. The second-order valence-electron chi connectivity index (χ2n) is 12.7. The van der Waals surface area contributed by atoms with Crippen LogP contribution in [0.4, 0.5) is 0 Å². The number of esters is 1. The summed E-state index contributed by atoms with van der Waals surface area (Å²) in [6.07, 6.45) is 4.32. The summed E-state index contributed by atoms with van der Waals surface area (Å²) in [5, 5.41) is 8.01. The topological polar surface area (TPSA) is 97.9 Å². The normalized spacial score (nSPS) is 14.8. The lowest BCUT2D eigenvalue weighted by Gasteiger charge is -2.20. The summed E-state index contributed by atoms with van der Waals surface area (Å²) >= 11 is 1.44. The molecule has 0 saturated heterocycles. The SMILES string of the molecule is CC(C)CO[C@H](C)ONC(=O)c1cc2ccc(CNCc3ccc(CNC(Cc4ccccc4)C(=O)OC4CCCC4)cc3)cc2s1. The summed E-state index contributed by atoms with van der Waals surface area (Å²) in [5.74, 6) is -0.0473. The molecule has 5 rings (SSSR count). The molecule has 3 aromatic carbocycles. The Labute approximate surface area is 282 Å². The van der Waals surface area contributed by atoms with Crippen LogP contribution >= 0.6 is 11.3 Å². The zero-order valence-electron chi connectivity index (χ0n) is 27.6. The summed E-state index contributed by atoms with van der Waals surface area (Å²) < 4.78 is 12.5. The van der Waals surface area contributed by atoms with Crippen LogP contribution in [-0.2, 0) is 45.2 Å². The second-order valence-corrected chi connectivity index (χ2v) is 13.8. The Morgan fingerprint density at radius 2 is 1.51 bits per heavy atom. The molecule has 0 radical (unpaired) electrons. The van der Waals surface area contributed by atoms with Gasteiger partial charge in [-0.2, -0.15) is 0 Å². The van der Waals surface area contributed by atoms with Crippen LogP contribution in [0.5, 0.6) is 0 Å². The van der Waals surface area contributed by atoms with E-state index in [0.29, 0.717) is 36.9 Å². The molecular weight excluding hydrogens is 611 g/mol. The Morgan fingerprint density at radius 1 is 0.830 bits per heavy atom. The van der Waals surface area contributed by atoms with Gasteiger partial charge in [0, 0.05) is 24.3 Å². The van der Waals surface area contributed by atoms with Crippen molar-refractivity contribution in [2.45, 2.75) is 90.9 Å². The van der Waals surface area contributed by atoms with Gasteiger partial charge in [0.1, 0.15) is 12.1 Å². The van der Waals surface area contributed by atoms with Gasteiger partial charge in [0.15, 0.2) is 6.29 Å². The third-order valence-corrected chi connectivity index (χ3v) is 9.27. The van der Waals surface area contributed by atoms with E-state index in [1.807, 2.05) is 30.3 Å². The van der Waals surface area contributed by atoms with Crippen molar-refractivity contribution >= 4 is 33.3 Å². The Balaban J connectivity index is 1.08. The van der Waals surface area contributed by atoms with Crippen LogP contribution < -0.4 is 16.1 Å². The monoisotopic (exact) mass is 657 g/mol. The molecule has 1 amide bonds. The van der Waals surface area contributed by atoms with Crippen molar-refractivity contribution in [3.05, 3.63) is 106 Å². The standard InChI is InChI=1S/C38H47N3O5S/c1-26(2)25-44-27(3)46-41-37(42)36-21-32-18-17-31(20-35(32)47-36)23-39-22-29-13-15-30(16-14-29)24-40-34(19-28-9-5-4-6-10-28)38(43)45-33-11-7-8-12-33/h4-6,9-10,13-18,20-21,26-27,33-34,39-40H,7-8,11-12,19,22-25H2,1-3H3,(H,41,42)/t27-,34?/m0/s1. The lowest BCUT2D eigenvalue weighted by molar-refractivity contribution is -0.163. The van der Waals surface area contributed by atoms with Crippen LogP contribution in [0.3, 0.4) is 0 Å². The Bertz CT molecular complexity index is 1570. The lowest BCUT2D eigenvalue weighted by atomic mass is 10.1. The first-order valence-electron chi connectivity index (χ1n) is 16.7. The molecule has 1 aliphatic carbocycles. The number of hydrogen-bond donors (Lipinski definition) is 3. The van der Waals surface area contributed by atoms with Crippen molar-refractivity contribution < 1.29 is 23.9 Å². The molecule has 8 nitrogen and oxygen atoms in total. The molecule has 1 fully saturated rings. The van der Waals surface area contributed by atoms with Crippen molar-refractivity contribution in [2.75, 3.05) is 6.61 Å². The highest BCUT2D eigenvalue weighted by atomic mass is 32.1. The Kier molecular flexibility index (Phi) is 12.9. The maximum absolute atomic E-state index is 13.1. The number of nitrogens with one attached hydrogen (secondary N) is 3. The van der Waals surface area contributed by atoms with Crippen molar-refractivity contribution in [1.29, 1.82) is 0 Å². The Hall–Kier alpha value is -3.60. The largest absolute Gasteiger partial charge is 0.461 e. The predicted octanol–water partition coefficient (Wildman–Crippen LogP) is 7.06. The van der Waals surface area contributed by atoms with Crippen molar-refractivity contribution in [3.63, 3.8) is 0 Å². The van der Waals surface area contributed by atoms with E-state index in [1.165, 1.54) is 16.9 Å². The smallest absolute Gasteiger partial charge is 0.323 e. The number of carbonyl (C=O) groups excluding carboxylic acids is 2. The molecule has 0 aliphatic heterocycles. The number of carbonyl (C=O) groups is 2. The molecule has 1 unspecified atom stereocenters. The molecule has 2 atom stereocenters. The molecule has 1 saturated carbocycles. The number of thiophene rings is 1. The van der Waals surface area contributed by atoms with E-state index in [2.05, 4.69) is 78.5 Å². The maximum atomic E-state index is 13.1. The van der Waals surface area contributed by atoms with E-state index < -0.39 is 12.3 Å². The van der Waals surface area contributed by atoms with Crippen molar-refractivity contribution in [3.8, 4) is 0 Å². The van der Waals surface area contributed by atoms with Gasteiger partial charge in [-0.05, 0) is 84.7 Å². The van der Waals surface area contributed by atoms with Crippen LogP contribution in [0.1, 0.15) is 78.4 Å². The number of ether oxygens (including phenoxy) is 2. The fourth-order valence-electron chi connectivity index (χ4n) is 5.55. The van der Waals surface area contributed by atoms with Crippen LogP contribution in [0.15, 0.2) is 78.9 Å². The highest BCUT2D eigenvalue weighted by Gasteiger charge is 2.25. The zero-order chi connectivity index (χ0) is 33.0. The molecule has 9 heteroatoms. The molecule has 0 bridgehead atoms. The summed E-state index contributed by atoms with van der Waals surface area (Å²) in [7, 11) is 0. The van der Waals surface area contributed by atoms with Gasteiger partial charge in [-0.3, -0.25) is 9.59 Å². The average Bonchev–Trinajstić information content (AvgIpc) is 3.75. The number of fused-ring (bicyclic) bond motifs is 1. The van der Waals surface area contributed by atoms with Gasteiger partial charge in [0.2, 0.25) is 0 Å². The number of hydrogen-bond acceptors (Lipinski definition) is 8. The highest BCUT2D eigenvalue weighted by molar-refractivity contribution is 7.20. The minimum absolute atomic E-state index is 0.0507. The molecule has 4 aromatic rings. The third kappa shape index (κ3) is 11.0. The van der Waals surface area contributed by atoms with Gasteiger partial charge in [-0.25, -0.2) is 10.3 Å². The maximum Gasteiger partial charge on any atom is 0.323 e. The van der Waals surface area contributed by atoms with Gasteiger partial charge >= 0.3 is 5.97 Å². The molecular formula is C38H47N3O5S. The summed E-state index contributed by atoms with van der Waals surface area (Å²) in [6, 6.07) is 26.3. The number of benzene rings is 3. The van der Waals surface area contributed by atoms with Crippen LogP contribution in [0, 0.1) is 5.92 Å². The van der Waals surface area contributed by atoms with E-state index in [9.17, 15) is 9.59 Å². The Morgan fingerprint density at radius 3 is 2.23 bits per heavy atom. The molecule has 3 N–H and O–H groups in total. The molecule has 1 aromatic heterocycles. The quantitative estimate of drug-likeness (QED) is 0.0636. The molecule has 47 heavy (non-hydrogen) atoms. The first-order chi connectivity index (χ1) is 22.8. The fourth-order valence-corrected chi connectivity index (χ4v) is 6.57. The third-order valence-electron chi connectivity index (χ3n) is 8.18. The van der Waals surface area contributed by atoms with E-state index in [0.717, 1.165) is 59.0 Å². The predicted molar refractivity (Wildman–Crippen MR) is 187 cm³/mol. The second kappa shape index (κ2) is 17.5. The fraction of sp³-hybridized carbons (Fsp3) is 0.421. The van der Waals surface area contributed by atoms with Crippen LogP contribution in [-0.4, -0.2) is 36.9 Å². The number of amides is 1. The van der Waals surface area contributed by atoms with E-state index >= 15 is 0 Å². The van der Waals surface area contributed by atoms with Gasteiger partial charge in [-0.1, -0.05) is 80.6 Å². The lowest BCUT2D eigenvalue weighted by Crippen LogP contribution is -2.40. The van der Waals surface area contributed by atoms with Gasteiger partial charge in [-0.15, -0.1) is 11.3 Å². The van der Waals surface area contributed by atoms with E-state index in [4.69, 9.17) is 14.3 Å². The molecule has 0 spiro atoms. The van der Waals surface area contributed by atoms with Crippen molar-refractivity contribution in [2.24, 2.45) is 5.92 Å². The van der Waals surface area contributed by atoms with E-state index in [-0.39, 0.29) is 18.0 Å². The highest BCUT2D eigenvalue weighted by Crippen LogP contribution is 2.27. The average molecular weight is 658 g/mol. The van der Waals surface area contributed by atoms with Crippen LogP contribution in [0.25, 0.3) is 10.1 Å². The summed E-state index contributed by atoms with van der Waals surface area (Å²) in [5.41, 5.74) is 7.06. The summed E-state index contributed by atoms with van der Waals surface area (Å²) in [4.78, 5) is 31.7. The van der Waals surface area contributed by atoms with Crippen LogP contribution in [0.2, 0.25) is 0 Å². The first-order valence-corrected chi connectivity index (χ1v) is 17.5. The van der Waals surface area contributed by atoms with Crippen molar-refractivity contribution in [1.82, 2.24) is 16.1 Å². The minimum Gasteiger partial charge on any atom is -0.461 e. The van der Waals surface area contributed by atoms with Gasteiger partial charge in [0.05, 0.1) is 11.5 Å². The van der Waals surface area contributed by atoms with E-state index in [1.54, 1.807) is 6.92 Å². The molecule has 1 aliphatic rings.